The molecule has 1 N–H and O–H groups in total. The highest BCUT2D eigenvalue weighted by Gasteiger charge is 2.26. The van der Waals surface area contributed by atoms with Gasteiger partial charge in [-0.3, -0.25) is 9.59 Å². The standard InChI is InChI=1S/C25H34N2O4S/c1-18(2)14-26-25(29)19(3)27(15-21-7-6-8-23(13-21)31-5)24(28)17-32-16-20-9-11-22(30-4)12-10-20/h6-13,18-19H,14-17H2,1-5H3,(H,26,29). The van der Waals surface area contributed by atoms with E-state index >= 15 is 0 Å². The number of methoxy groups -OCH3 is 2. The molecule has 2 aromatic rings. The molecule has 2 aromatic carbocycles. The van der Waals surface area contributed by atoms with E-state index in [1.807, 2.05) is 62.4 Å². The molecule has 0 fully saturated rings. The molecule has 0 radical (unpaired) electrons. The Kier molecular flexibility index (Phi) is 10.4. The first-order valence-electron chi connectivity index (χ1n) is 10.7. The molecule has 0 aliphatic rings. The number of ether oxygens (including phenoxy) is 2. The highest BCUT2D eigenvalue weighted by atomic mass is 32.2. The first-order chi connectivity index (χ1) is 15.3. The number of rotatable bonds is 12. The summed E-state index contributed by atoms with van der Waals surface area (Å²) in [5.41, 5.74) is 2.03. The summed E-state index contributed by atoms with van der Waals surface area (Å²) in [6, 6.07) is 14.8. The number of thioether (sulfide) groups is 1. The lowest BCUT2D eigenvalue weighted by Crippen LogP contribution is -2.48. The van der Waals surface area contributed by atoms with E-state index in [1.54, 1.807) is 26.0 Å². The average Bonchev–Trinajstić information content (AvgIpc) is 2.81. The smallest absolute Gasteiger partial charge is 0.242 e. The third kappa shape index (κ3) is 8.11. The summed E-state index contributed by atoms with van der Waals surface area (Å²) in [6.45, 7) is 6.79. The molecule has 1 unspecified atom stereocenters. The lowest BCUT2D eigenvalue weighted by Gasteiger charge is -2.29. The van der Waals surface area contributed by atoms with E-state index in [0.29, 0.717) is 24.8 Å². The highest BCUT2D eigenvalue weighted by molar-refractivity contribution is 7.99. The van der Waals surface area contributed by atoms with Crippen LogP contribution in [0, 0.1) is 5.92 Å². The fourth-order valence-electron chi connectivity index (χ4n) is 3.06. The number of nitrogens with one attached hydrogen (secondary N) is 1. The fourth-order valence-corrected chi connectivity index (χ4v) is 3.93. The fraction of sp³-hybridized carbons (Fsp3) is 0.440. The Labute approximate surface area is 195 Å². The van der Waals surface area contributed by atoms with Crippen molar-refractivity contribution >= 4 is 23.6 Å². The maximum atomic E-state index is 13.2. The van der Waals surface area contributed by atoms with Gasteiger partial charge in [-0.05, 0) is 48.2 Å². The summed E-state index contributed by atoms with van der Waals surface area (Å²) >= 11 is 1.53. The molecule has 0 bridgehead atoms. The maximum Gasteiger partial charge on any atom is 0.242 e. The Morgan fingerprint density at radius 3 is 2.28 bits per heavy atom. The van der Waals surface area contributed by atoms with Crippen LogP contribution in [0.1, 0.15) is 31.9 Å². The zero-order valence-corrected chi connectivity index (χ0v) is 20.4. The number of carbonyl (C=O) groups excluding carboxylic acids is 2. The van der Waals surface area contributed by atoms with Gasteiger partial charge < -0.3 is 19.7 Å². The molecule has 174 valence electrons. The first-order valence-corrected chi connectivity index (χ1v) is 11.9. The molecule has 32 heavy (non-hydrogen) atoms. The summed E-state index contributed by atoms with van der Waals surface area (Å²) in [6.07, 6.45) is 0. The van der Waals surface area contributed by atoms with Crippen molar-refractivity contribution in [1.29, 1.82) is 0 Å². The Hall–Kier alpha value is -2.67. The SMILES string of the molecule is COc1ccc(CSCC(=O)N(Cc2cccc(OC)c2)C(C)C(=O)NCC(C)C)cc1. The molecule has 0 saturated carbocycles. The zero-order valence-electron chi connectivity index (χ0n) is 19.6. The molecule has 0 aromatic heterocycles. The first kappa shape index (κ1) is 25.6. The van der Waals surface area contributed by atoms with Gasteiger partial charge in [0.2, 0.25) is 11.8 Å². The number of hydrogen-bond donors (Lipinski definition) is 1. The van der Waals surface area contributed by atoms with Crippen LogP contribution in [-0.2, 0) is 21.9 Å². The second-order valence-electron chi connectivity index (χ2n) is 8.03. The Morgan fingerprint density at radius 1 is 0.969 bits per heavy atom. The molecule has 0 spiro atoms. The van der Waals surface area contributed by atoms with Crippen molar-refractivity contribution in [3.05, 3.63) is 59.7 Å². The van der Waals surface area contributed by atoms with Crippen LogP contribution < -0.4 is 14.8 Å². The van der Waals surface area contributed by atoms with Crippen LogP contribution >= 0.6 is 11.8 Å². The number of nitrogens with zero attached hydrogens (tertiary/aromatic N) is 1. The minimum atomic E-state index is -0.575. The lowest BCUT2D eigenvalue weighted by atomic mass is 10.1. The van der Waals surface area contributed by atoms with Crippen molar-refractivity contribution in [2.24, 2.45) is 5.92 Å². The van der Waals surface area contributed by atoms with Gasteiger partial charge in [-0.15, -0.1) is 11.8 Å². The summed E-state index contributed by atoms with van der Waals surface area (Å²) in [4.78, 5) is 27.5. The van der Waals surface area contributed by atoms with E-state index in [4.69, 9.17) is 9.47 Å². The van der Waals surface area contributed by atoms with Gasteiger partial charge in [-0.1, -0.05) is 38.1 Å². The van der Waals surface area contributed by atoms with Gasteiger partial charge >= 0.3 is 0 Å². The third-order valence-electron chi connectivity index (χ3n) is 4.99. The molecule has 6 nitrogen and oxygen atoms in total. The molecule has 1 atom stereocenters. The third-order valence-corrected chi connectivity index (χ3v) is 5.98. The van der Waals surface area contributed by atoms with E-state index in [2.05, 4.69) is 5.32 Å². The average molecular weight is 459 g/mol. The number of hydrogen-bond acceptors (Lipinski definition) is 5. The number of benzene rings is 2. The van der Waals surface area contributed by atoms with Crippen LogP contribution in [-0.4, -0.2) is 49.3 Å². The van der Waals surface area contributed by atoms with Gasteiger partial charge in [0.15, 0.2) is 0 Å². The highest BCUT2D eigenvalue weighted by Crippen LogP contribution is 2.20. The van der Waals surface area contributed by atoms with Gasteiger partial charge in [0.05, 0.1) is 20.0 Å². The number of carbonyl (C=O) groups is 2. The van der Waals surface area contributed by atoms with Crippen molar-refractivity contribution in [3.63, 3.8) is 0 Å². The van der Waals surface area contributed by atoms with Crippen molar-refractivity contribution in [1.82, 2.24) is 10.2 Å². The molecular weight excluding hydrogens is 424 g/mol. The normalized spacial score (nSPS) is 11.7. The van der Waals surface area contributed by atoms with Gasteiger partial charge in [0, 0.05) is 18.8 Å². The second-order valence-corrected chi connectivity index (χ2v) is 9.01. The maximum absolute atomic E-state index is 13.2. The van der Waals surface area contributed by atoms with E-state index in [9.17, 15) is 9.59 Å². The van der Waals surface area contributed by atoms with Crippen LogP contribution in [0.2, 0.25) is 0 Å². The molecular formula is C25H34N2O4S. The molecule has 0 heterocycles. The van der Waals surface area contributed by atoms with Crippen molar-refractivity contribution < 1.29 is 19.1 Å². The Balaban J connectivity index is 2.06. The van der Waals surface area contributed by atoms with Crippen LogP contribution in [0.5, 0.6) is 11.5 Å². The largest absolute Gasteiger partial charge is 0.497 e. The molecule has 0 aliphatic heterocycles. The van der Waals surface area contributed by atoms with Crippen LogP contribution in [0.4, 0.5) is 0 Å². The summed E-state index contributed by atoms with van der Waals surface area (Å²) < 4.78 is 10.5. The summed E-state index contributed by atoms with van der Waals surface area (Å²) in [5, 5.41) is 2.94. The lowest BCUT2D eigenvalue weighted by molar-refractivity contribution is -0.138. The van der Waals surface area contributed by atoms with Crippen LogP contribution in [0.15, 0.2) is 48.5 Å². The number of amides is 2. The molecule has 2 amide bonds. The monoisotopic (exact) mass is 458 g/mol. The zero-order chi connectivity index (χ0) is 23.5. The van der Waals surface area contributed by atoms with Crippen LogP contribution in [0.3, 0.4) is 0 Å². The van der Waals surface area contributed by atoms with Crippen molar-refractivity contribution in [2.45, 2.75) is 39.1 Å². The molecule has 7 heteroatoms. The summed E-state index contributed by atoms with van der Waals surface area (Å²) in [5.74, 6) is 2.65. The van der Waals surface area contributed by atoms with E-state index in [1.165, 1.54) is 11.8 Å². The summed E-state index contributed by atoms with van der Waals surface area (Å²) in [7, 11) is 3.25. The molecule has 2 rings (SSSR count). The van der Waals surface area contributed by atoms with Gasteiger partial charge in [0.1, 0.15) is 17.5 Å². The topological polar surface area (TPSA) is 67.9 Å². The molecule has 0 aliphatic carbocycles. The van der Waals surface area contributed by atoms with Crippen LogP contribution in [0.25, 0.3) is 0 Å². The van der Waals surface area contributed by atoms with Crippen molar-refractivity contribution in [3.8, 4) is 11.5 Å². The Bertz CT molecular complexity index is 871. The van der Waals surface area contributed by atoms with E-state index in [-0.39, 0.29) is 17.6 Å². The predicted molar refractivity (Wildman–Crippen MR) is 130 cm³/mol. The predicted octanol–water partition coefficient (Wildman–Crippen LogP) is 4.13. The Morgan fingerprint density at radius 2 is 1.66 bits per heavy atom. The minimum absolute atomic E-state index is 0.0708. The second kappa shape index (κ2) is 13.0. The van der Waals surface area contributed by atoms with E-state index in [0.717, 1.165) is 22.6 Å². The quantitative estimate of drug-likeness (QED) is 0.518. The van der Waals surface area contributed by atoms with Gasteiger partial charge in [-0.2, -0.15) is 0 Å². The molecule has 0 saturated heterocycles. The minimum Gasteiger partial charge on any atom is -0.497 e. The van der Waals surface area contributed by atoms with Gasteiger partial charge in [0.25, 0.3) is 0 Å². The van der Waals surface area contributed by atoms with Gasteiger partial charge in [-0.25, -0.2) is 0 Å². The van der Waals surface area contributed by atoms with Crippen molar-refractivity contribution in [2.75, 3.05) is 26.5 Å². The van der Waals surface area contributed by atoms with E-state index < -0.39 is 6.04 Å².